The molecule has 3 aromatic heterocycles. The highest BCUT2D eigenvalue weighted by Gasteiger charge is 2.21. The number of rotatable bonds is 3. The number of nitrogens with zero attached hydrogens (tertiary/aromatic N) is 6. The highest BCUT2D eigenvalue weighted by atomic mass is 16.2. The van der Waals surface area contributed by atoms with Crippen LogP contribution in [0.2, 0.25) is 0 Å². The van der Waals surface area contributed by atoms with E-state index >= 15 is 0 Å². The van der Waals surface area contributed by atoms with Gasteiger partial charge in [-0.2, -0.15) is 0 Å². The van der Waals surface area contributed by atoms with Crippen molar-refractivity contribution in [1.29, 1.82) is 0 Å². The number of hydrogen-bond acceptors (Lipinski definition) is 6. The fourth-order valence-electron chi connectivity index (χ4n) is 3.45. The number of amides is 1. The van der Waals surface area contributed by atoms with Gasteiger partial charge in [-0.25, -0.2) is 9.97 Å². The highest BCUT2D eigenvalue weighted by Crippen LogP contribution is 2.20. The van der Waals surface area contributed by atoms with Gasteiger partial charge in [-0.15, -0.1) is 0 Å². The van der Waals surface area contributed by atoms with E-state index in [-0.39, 0.29) is 5.91 Å². The Hall–Kier alpha value is -3.35. The molecule has 4 rings (SSSR count). The number of anilines is 1. The summed E-state index contributed by atoms with van der Waals surface area (Å²) in [5, 5.41) is 0. The Morgan fingerprint density at radius 3 is 2.50 bits per heavy atom. The number of aromatic nitrogens is 4. The minimum atomic E-state index is -0.0222. The molecule has 0 aliphatic carbocycles. The lowest BCUT2D eigenvalue weighted by molar-refractivity contribution is 0.0766. The van der Waals surface area contributed by atoms with Gasteiger partial charge in [0, 0.05) is 74.6 Å². The molecule has 0 spiro atoms. The van der Waals surface area contributed by atoms with E-state index < -0.39 is 0 Å². The first-order valence-corrected chi connectivity index (χ1v) is 9.39. The smallest absolute Gasteiger partial charge is 0.257 e. The van der Waals surface area contributed by atoms with Crippen LogP contribution < -0.4 is 4.90 Å². The van der Waals surface area contributed by atoms with Gasteiger partial charge in [-0.3, -0.25) is 14.8 Å². The summed E-state index contributed by atoms with van der Waals surface area (Å²) in [5.74, 6) is 0.547. The van der Waals surface area contributed by atoms with Gasteiger partial charge in [0.2, 0.25) is 0 Å². The van der Waals surface area contributed by atoms with Crippen molar-refractivity contribution in [1.82, 2.24) is 24.8 Å². The van der Waals surface area contributed by atoms with E-state index in [9.17, 15) is 4.79 Å². The van der Waals surface area contributed by atoms with Crippen molar-refractivity contribution in [2.24, 2.45) is 0 Å². The zero-order chi connectivity index (χ0) is 19.3. The molecule has 1 aliphatic heterocycles. The molecular formula is C21H22N6O. The molecule has 0 aromatic carbocycles. The molecular weight excluding hydrogens is 352 g/mol. The maximum absolute atomic E-state index is 12.9. The second-order valence-electron chi connectivity index (χ2n) is 6.83. The van der Waals surface area contributed by atoms with Crippen LogP contribution in [0.5, 0.6) is 0 Å². The molecule has 0 saturated carbocycles. The van der Waals surface area contributed by atoms with Crippen molar-refractivity contribution in [2.45, 2.75) is 13.3 Å². The Bertz CT molecular complexity index is 945. The van der Waals surface area contributed by atoms with E-state index in [1.54, 1.807) is 24.8 Å². The zero-order valence-electron chi connectivity index (χ0n) is 15.8. The van der Waals surface area contributed by atoms with Crippen LogP contribution in [0.25, 0.3) is 11.4 Å². The van der Waals surface area contributed by atoms with Crippen LogP contribution >= 0.6 is 0 Å². The van der Waals surface area contributed by atoms with Crippen LogP contribution in [0, 0.1) is 6.92 Å². The van der Waals surface area contributed by atoms with Gasteiger partial charge in [0.15, 0.2) is 5.82 Å². The zero-order valence-corrected chi connectivity index (χ0v) is 15.8. The predicted molar refractivity (Wildman–Crippen MR) is 107 cm³/mol. The van der Waals surface area contributed by atoms with E-state index in [1.807, 2.05) is 35.5 Å². The van der Waals surface area contributed by atoms with Crippen LogP contribution in [0.15, 0.2) is 55.4 Å². The normalized spacial score (nSPS) is 14.6. The summed E-state index contributed by atoms with van der Waals surface area (Å²) < 4.78 is 0. The quantitative estimate of drug-likeness (QED) is 0.701. The summed E-state index contributed by atoms with van der Waals surface area (Å²) in [6.45, 7) is 5.18. The Labute approximate surface area is 164 Å². The monoisotopic (exact) mass is 374 g/mol. The molecule has 1 fully saturated rings. The molecule has 4 heterocycles. The maximum Gasteiger partial charge on any atom is 0.257 e. The summed E-state index contributed by atoms with van der Waals surface area (Å²) in [5.41, 5.74) is 3.69. The lowest BCUT2D eigenvalue weighted by Crippen LogP contribution is -2.35. The summed E-state index contributed by atoms with van der Waals surface area (Å²) in [4.78, 5) is 34.1. The first-order chi connectivity index (χ1) is 13.7. The van der Waals surface area contributed by atoms with Gasteiger partial charge < -0.3 is 9.80 Å². The standard InChI is InChI=1S/C21H22N6O/c1-16-12-23-7-5-19(16)26-8-3-9-27(11-10-26)21(28)18-14-24-20(25-15-18)17-4-2-6-22-13-17/h2,4-7,12-15H,3,8-11H2,1H3. The molecule has 0 bridgehead atoms. The van der Waals surface area contributed by atoms with E-state index in [0.29, 0.717) is 17.9 Å². The second-order valence-corrected chi connectivity index (χ2v) is 6.83. The second kappa shape index (κ2) is 8.12. The van der Waals surface area contributed by atoms with Crippen molar-refractivity contribution in [2.75, 3.05) is 31.1 Å². The van der Waals surface area contributed by atoms with E-state index in [1.165, 1.54) is 5.69 Å². The molecule has 7 heteroatoms. The van der Waals surface area contributed by atoms with Crippen molar-refractivity contribution in [3.05, 3.63) is 66.5 Å². The average molecular weight is 374 g/mol. The van der Waals surface area contributed by atoms with Gasteiger partial charge in [0.1, 0.15) is 0 Å². The van der Waals surface area contributed by atoms with E-state index in [4.69, 9.17) is 0 Å². The predicted octanol–water partition coefficient (Wildman–Crippen LogP) is 2.59. The third kappa shape index (κ3) is 3.83. The Balaban J connectivity index is 1.44. The minimum Gasteiger partial charge on any atom is -0.369 e. The van der Waals surface area contributed by atoms with Gasteiger partial charge in [0.05, 0.1) is 5.56 Å². The molecule has 0 unspecified atom stereocenters. The Morgan fingerprint density at radius 1 is 0.929 bits per heavy atom. The lowest BCUT2D eigenvalue weighted by Gasteiger charge is -2.25. The topological polar surface area (TPSA) is 75.1 Å². The Kier molecular flexibility index (Phi) is 5.23. The van der Waals surface area contributed by atoms with Gasteiger partial charge >= 0.3 is 0 Å². The Morgan fingerprint density at radius 2 is 1.75 bits per heavy atom. The van der Waals surface area contributed by atoms with Crippen molar-refractivity contribution in [3.8, 4) is 11.4 Å². The average Bonchev–Trinajstić information content (AvgIpc) is 3.00. The molecule has 0 radical (unpaired) electrons. The van der Waals surface area contributed by atoms with Gasteiger partial charge in [0.25, 0.3) is 5.91 Å². The van der Waals surface area contributed by atoms with Gasteiger partial charge in [-0.05, 0) is 37.1 Å². The fraction of sp³-hybridized carbons (Fsp3) is 0.286. The fourth-order valence-corrected chi connectivity index (χ4v) is 3.45. The first-order valence-electron chi connectivity index (χ1n) is 9.39. The first kappa shape index (κ1) is 18.0. The van der Waals surface area contributed by atoms with E-state index in [0.717, 1.165) is 37.2 Å². The third-order valence-corrected chi connectivity index (χ3v) is 4.93. The molecule has 0 N–H and O–H groups in total. The lowest BCUT2D eigenvalue weighted by atomic mass is 10.2. The molecule has 1 amide bonds. The number of carbonyl (C=O) groups excluding carboxylic acids is 1. The highest BCUT2D eigenvalue weighted by molar-refractivity contribution is 5.93. The largest absolute Gasteiger partial charge is 0.369 e. The molecule has 28 heavy (non-hydrogen) atoms. The van der Waals surface area contributed by atoms with Crippen LogP contribution in [0.3, 0.4) is 0 Å². The molecule has 0 atom stereocenters. The summed E-state index contributed by atoms with van der Waals surface area (Å²) in [6.07, 6.45) is 11.2. The minimum absolute atomic E-state index is 0.0222. The summed E-state index contributed by atoms with van der Waals surface area (Å²) in [7, 11) is 0. The van der Waals surface area contributed by atoms with E-state index in [2.05, 4.69) is 31.8 Å². The number of pyridine rings is 2. The summed E-state index contributed by atoms with van der Waals surface area (Å²) in [6, 6.07) is 5.78. The molecule has 3 aromatic rings. The summed E-state index contributed by atoms with van der Waals surface area (Å²) >= 11 is 0. The van der Waals surface area contributed by atoms with Crippen LogP contribution in [0.1, 0.15) is 22.3 Å². The molecule has 7 nitrogen and oxygen atoms in total. The van der Waals surface area contributed by atoms with Gasteiger partial charge in [-0.1, -0.05) is 0 Å². The number of carbonyl (C=O) groups is 1. The van der Waals surface area contributed by atoms with Crippen molar-refractivity contribution < 1.29 is 4.79 Å². The molecule has 1 saturated heterocycles. The maximum atomic E-state index is 12.9. The van der Waals surface area contributed by atoms with Crippen molar-refractivity contribution in [3.63, 3.8) is 0 Å². The molecule has 142 valence electrons. The van der Waals surface area contributed by atoms with Crippen molar-refractivity contribution >= 4 is 11.6 Å². The number of aryl methyl sites for hydroxylation is 1. The van der Waals surface area contributed by atoms with Crippen LogP contribution in [0.4, 0.5) is 5.69 Å². The SMILES string of the molecule is Cc1cnccc1N1CCCN(C(=O)c2cnc(-c3cccnc3)nc2)CC1. The third-order valence-electron chi connectivity index (χ3n) is 4.93. The molecule has 1 aliphatic rings. The number of hydrogen-bond donors (Lipinski definition) is 0. The van der Waals surface area contributed by atoms with Crippen LogP contribution in [-0.4, -0.2) is 56.9 Å². The van der Waals surface area contributed by atoms with Crippen LogP contribution in [-0.2, 0) is 0 Å².